The Bertz CT molecular complexity index is 1070. The minimum Gasteiger partial charge on any atom is -0.494 e. The number of amides is 1. The van der Waals surface area contributed by atoms with Crippen LogP contribution in [0.2, 0.25) is 0 Å². The van der Waals surface area contributed by atoms with E-state index >= 15 is 0 Å². The van der Waals surface area contributed by atoms with E-state index in [4.69, 9.17) is 19.7 Å². The second-order valence-electron chi connectivity index (χ2n) is 9.82. The molecule has 1 heterocycles. The number of carbonyl (C=O) groups is 1. The maximum absolute atomic E-state index is 10.9. The summed E-state index contributed by atoms with van der Waals surface area (Å²) in [4.78, 5) is 15.6. The van der Waals surface area contributed by atoms with Crippen LogP contribution in [0.4, 0.5) is 4.79 Å². The van der Waals surface area contributed by atoms with Crippen molar-refractivity contribution in [2.24, 2.45) is 11.1 Å². The highest BCUT2D eigenvalue weighted by atomic mass is 16.5. The van der Waals surface area contributed by atoms with Crippen LogP contribution in [0.25, 0.3) is 22.2 Å². The summed E-state index contributed by atoms with van der Waals surface area (Å²) >= 11 is 0. The molecule has 34 heavy (non-hydrogen) atoms. The van der Waals surface area contributed by atoms with Crippen LogP contribution < -0.4 is 10.5 Å². The molecule has 0 bridgehead atoms. The molecule has 7 heteroatoms. The molecule has 3 rings (SSSR count). The molecule has 3 aromatic rings. The van der Waals surface area contributed by atoms with Crippen LogP contribution in [-0.4, -0.2) is 29.4 Å². The highest BCUT2D eigenvalue weighted by Gasteiger charge is 2.31. The van der Waals surface area contributed by atoms with Gasteiger partial charge in [-0.2, -0.15) is 4.98 Å². The molecule has 0 radical (unpaired) electrons. The molecule has 0 aliphatic rings. The molecule has 1 unspecified atom stereocenters. The van der Waals surface area contributed by atoms with E-state index in [1.165, 1.54) is 25.7 Å². The number of rotatable bonds is 12. The molecule has 0 saturated carbocycles. The minimum atomic E-state index is -0.782. The van der Waals surface area contributed by atoms with Gasteiger partial charge in [-0.15, -0.1) is 0 Å². The topological polar surface area (TPSA) is 100 Å². The van der Waals surface area contributed by atoms with Gasteiger partial charge < -0.3 is 19.7 Å². The minimum absolute atomic E-state index is 0.0739. The Morgan fingerprint density at radius 1 is 1.03 bits per heavy atom. The zero-order chi connectivity index (χ0) is 24.6. The number of benzene rings is 2. The number of primary amides is 1. The van der Waals surface area contributed by atoms with E-state index in [2.05, 4.69) is 62.1 Å². The molecule has 0 spiro atoms. The molecule has 1 amide bonds. The van der Waals surface area contributed by atoms with Gasteiger partial charge in [-0.1, -0.05) is 76.7 Å². The van der Waals surface area contributed by atoms with Crippen LogP contribution in [0.1, 0.15) is 78.0 Å². The van der Waals surface area contributed by atoms with Gasteiger partial charge in [-0.25, -0.2) is 4.79 Å². The van der Waals surface area contributed by atoms with Crippen LogP contribution in [-0.2, 0) is 4.74 Å². The molecule has 0 saturated heterocycles. The average Bonchev–Trinajstić information content (AvgIpc) is 3.27. The summed E-state index contributed by atoms with van der Waals surface area (Å²) in [5.41, 5.74) is 5.82. The Morgan fingerprint density at radius 2 is 1.76 bits per heavy atom. The average molecular weight is 468 g/mol. The second-order valence-corrected chi connectivity index (χ2v) is 9.82. The number of ether oxygens (including phenoxy) is 2. The van der Waals surface area contributed by atoms with Crippen molar-refractivity contribution in [3.63, 3.8) is 0 Å². The van der Waals surface area contributed by atoms with Gasteiger partial charge in [0.25, 0.3) is 0 Å². The lowest BCUT2D eigenvalue weighted by molar-refractivity contribution is 0.137. The van der Waals surface area contributed by atoms with Gasteiger partial charge >= 0.3 is 6.09 Å². The third-order valence-corrected chi connectivity index (χ3v) is 6.02. The van der Waals surface area contributed by atoms with Crippen molar-refractivity contribution in [1.82, 2.24) is 10.1 Å². The summed E-state index contributed by atoms with van der Waals surface area (Å²) in [6.07, 6.45) is 5.88. The van der Waals surface area contributed by atoms with Crippen molar-refractivity contribution < 1.29 is 18.8 Å². The maximum atomic E-state index is 10.9. The standard InChI is InChI=1S/C27H37N3O4/c1-5-6-7-8-9-15-32-22-13-12-19-17-21(11-10-20(19)18-22)24-29-25(34-30-24)23(27(2,3)4)14-16-33-26(28)31/h10-13,17-18,23H,5-9,14-16H2,1-4H3,(H2,28,31). The van der Waals surface area contributed by atoms with Gasteiger partial charge in [0.2, 0.25) is 11.7 Å². The fraction of sp³-hybridized carbons (Fsp3) is 0.519. The molecule has 0 aliphatic carbocycles. The molecule has 0 fully saturated rings. The number of fused-ring (bicyclic) bond motifs is 1. The highest BCUT2D eigenvalue weighted by Crippen LogP contribution is 2.37. The predicted octanol–water partition coefficient (Wildman–Crippen LogP) is 6.85. The summed E-state index contributed by atoms with van der Waals surface area (Å²) in [7, 11) is 0. The Hall–Kier alpha value is -3.09. The van der Waals surface area contributed by atoms with E-state index in [9.17, 15) is 4.79 Å². The number of nitrogens with zero attached hydrogens (tertiary/aromatic N) is 2. The van der Waals surface area contributed by atoms with Crippen molar-refractivity contribution in [3.8, 4) is 17.1 Å². The molecule has 0 aliphatic heterocycles. The molecule has 7 nitrogen and oxygen atoms in total. The van der Waals surface area contributed by atoms with Crippen molar-refractivity contribution in [2.45, 2.75) is 72.1 Å². The Labute approximate surface area is 202 Å². The Kier molecular flexibility index (Phi) is 8.91. The Morgan fingerprint density at radius 3 is 2.50 bits per heavy atom. The third kappa shape index (κ3) is 7.20. The third-order valence-electron chi connectivity index (χ3n) is 6.02. The summed E-state index contributed by atoms with van der Waals surface area (Å²) in [6.45, 7) is 9.44. The van der Waals surface area contributed by atoms with Crippen molar-refractivity contribution in [2.75, 3.05) is 13.2 Å². The van der Waals surface area contributed by atoms with E-state index in [-0.39, 0.29) is 17.9 Å². The van der Waals surface area contributed by atoms with Gasteiger partial charge in [-0.05, 0) is 47.2 Å². The lowest BCUT2D eigenvalue weighted by atomic mass is 9.79. The van der Waals surface area contributed by atoms with E-state index < -0.39 is 6.09 Å². The monoisotopic (exact) mass is 467 g/mol. The van der Waals surface area contributed by atoms with Crippen LogP contribution in [0.3, 0.4) is 0 Å². The molecule has 184 valence electrons. The van der Waals surface area contributed by atoms with Crippen molar-refractivity contribution >= 4 is 16.9 Å². The van der Waals surface area contributed by atoms with Crippen LogP contribution >= 0.6 is 0 Å². The number of unbranched alkanes of at least 4 members (excludes halogenated alkanes) is 4. The molecule has 1 aromatic heterocycles. The van der Waals surface area contributed by atoms with E-state index in [0.717, 1.165) is 35.1 Å². The molecule has 2 N–H and O–H groups in total. The fourth-order valence-electron chi connectivity index (χ4n) is 4.05. The first-order valence-corrected chi connectivity index (χ1v) is 12.2. The van der Waals surface area contributed by atoms with Gasteiger partial charge in [0.1, 0.15) is 5.75 Å². The number of nitrogens with two attached hydrogens (primary N) is 1. The molecular formula is C27H37N3O4. The van der Waals surface area contributed by atoms with E-state index in [0.29, 0.717) is 18.1 Å². The summed E-state index contributed by atoms with van der Waals surface area (Å²) < 4.78 is 16.5. The normalized spacial score (nSPS) is 12.6. The smallest absolute Gasteiger partial charge is 0.404 e. The lowest BCUT2D eigenvalue weighted by Crippen LogP contribution is -2.22. The molecular weight excluding hydrogens is 430 g/mol. The van der Waals surface area contributed by atoms with E-state index in [1.54, 1.807) is 0 Å². The van der Waals surface area contributed by atoms with Crippen molar-refractivity contribution in [1.29, 1.82) is 0 Å². The zero-order valence-electron chi connectivity index (χ0n) is 20.8. The van der Waals surface area contributed by atoms with Crippen LogP contribution in [0.5, 0.6) is 5.75 Å². The number of aromatic nitrogens is 2. The van der Waals surface area contributed by atoms with Crippen LogP contribution in [0, 0.1) is 5.41 Å². The zero-order valence-corrected chi connectivity index (χ0v) is 20.8. The fourth-order valence-corrected chi connectivity index (χ4v) is 4.05. The molecule has 1 atom stereocenters. The number of hydrogen-bond donors (Lipinski definition) is 1. The highest BCUT2D eigenvalue weighted by molar-refractivity contribution is 5.87. The first-order chi connectivity index (χ1) is 16.3. The van der Waals surface area contributed by atoms with Crippen LogP contribution in [0.15, 0.2) is 40.9 Å². The summed E-state index contributed by atoms with van der Waals surface area (Å²) in [5, 5.41) is 6.40. The van der Waals surface area contributed by atoms with Gasteiger partial charge in [0, 0.05) is 11.5 Å². The maximum Gasteiger partial charge on any atom is 0.404 e. The van der Waals surface area contributed by atoms with Gasteiger partial charge in [0.15, 0.2) is 0 Å². The van der Waals surface area contributed by atoms with Crippen molar-refractivity contribution in [3.05, 3.63) is 42.3 Å². The van der Waals surface area contributed by atoms with Gasteiger partial charge in [0.05, 0.1) is 13.2 Å². The Balaban J connectivity index is 1.68. The lowest BCUT2D eigenvalue weighted by Gasteiger charge is -2.27. The SMILES string of the molecule is CCCCCCCOc1ccc2cc(-c3noc(C(CCOC(N)=O)C(C)(C)C)n3)ccc2c1. The predicted molar refractivity (Wildman–Crippen MR) is 134 cm³/mol. The first-order valence-electron chi connectivity index (χ1n) is 12.2. The quantitative estimate of drug-likeness (QED) is 0.292. The largest absolute Gasteiger partial charge is 0.494 e. The second kappa shape index (κ2) is 11.9. The first kappa shape index (κ1) is 25.5. The number of carbonyl (C=O) groups excluding carboxylic acids is 1. The summed E-state index contributed by atoms with van der Waals surface area (Å²) in [5.74, 6) is 1.88. The van der Waals surface area contributed by atoms with Gasteiger partial charge in [-0.3, -0.25) is 0 Å². The number of hydrogen-bond acceptors (Lipinski definition) is 6. The summed E-state index contributed by atoms with van der Waals surface area (Å²) in [6, 6.07) is 12.2. The molecule has 2 aromatic carbocycles. The van der Waals surface area contributed by atoms with E-state index in [1.807, 2.05) is 12.1 Å².